The first-order valence-corrected chi connectivity index (χ1v) is 6.47. The molecule has 1 rings (SSSR count). The molecule has 0 aliphatic carbocycles. The molecule has 0 saturated heterocycles. The lowest BCUT2D eigenvalue weighted by atomic mass is 9.84. The molecule has 2 nitrogen and oxygen atoms in total. The van der Waals surface area contributed by atoms with Crippen LogP contribution in [0.25, 0.3) is 0 Å². The van der Waals surface area contributed by atoms with Gasteiger partial charge in [-0.3, -0.25) is 0 Å². The monoisotopic (exact) mass is 235 g/mol. The van der Waals surface area contributed by atoms with Gasteiger partial charge >= 0.3 is 0 Å². The van der Waals surface area contributed by atoms with Crippen molar-refractivity contribution >= 4 is 0 Å². The Morgan fingerprint density at radius 3 is 2.41 bits per heavy atom. The Bertz CT molecular complexity index is 304. The molecule has 0 fully saturated rings. The fourth-order valence-electron chi connectivity index (χ4n) is 1.92. The summed E-state index contributed by atoms with van der Waals surface area (Å²) in [6, 6.07) is 10.6. The average Bonchev–Trinajstić information content (AvgIpc) is 2.36. The van der Waals surface area contributed by atoms with E-state index in [9.17, 15) is 0 Å². The highest BCUT2D eigenvalue weighted by Crippen LogP contribution is 2.21. The van der Waals surface area contributed by atoms with Crippen molar-refractivity contribution in [3.63, 3.8) is 0 Å². The van der Waals surface area contributed by atoms with Gasteiger partial charge in [0.1, 0.15) is 0 Å². The van der Waals surface area contributed by atoms with Crippen molar-refractivity contribution < 1.29 is 5.11 Å². The molecule has 0 aliphatic heterocycles. The van der Waals surface area contributed by atoms with Gasteiger partial charge in [0.15, 0.2) is 0 Å². The molecule has 0 amide bonds. The lowest BCUT2D eigenvalue weighted by Crippen LogP contribution is -2.36. The Hall–Kier alpha value is -0.860. The molecule has 0 bridgehead atoms. The molecule has 1 atom stereocenters. The van der Waals surface area contributed by atoms with Crippen molar-refractivity contribution in [3.8, 4) is 0 Å². The van der Waals surface area contributed by atoms with Crippen LogP contribution in [0.5, 0.6) is 0 Å². The first-order chi connectivity index (χ1) is 8.10. The summed E-state index contributed by atoms with van der Waals surface area (Å²) in [6.07, 6.45) is 1.02. The first kappa shape index (κ1) is 14.2. The molecule has 1 aromatic rings. The Morgan fingerprint density at radius 2 is 1.88 bits per heavy atom. The Kier molecular flexibility index (Phi) is 5.66. The third-order valence-electron chi connectivity index (χ3n) is 3.39. The second-order valence-corrected chi connectivity index (χ2v) is 5.34. The van der Waals surface area contributed by atoms with Crippen LogP contribution >= 0.6 is 0 Å². The zero-order chi connectivity index (χ0) is 12.7. The second-order valence-electron chi connectivity index (χ2n) is 5.34. The predicted molar refractivity (Wildman–Crippen MR) is 73.2 cm³/mol. The average molecular weight is 235 g/mol. The molecule has 1 unspecified atom stereocenters. The minimum Gasteiger partial charge on any atom is -0.396 e. The number of aliphatic hydroxyl groups is 1. The van der Waals surface area contributed by atoms with Gasteiger partial charge in [-0.1, -0.05) is 51.1 Å². The number of hydrogen-bond acceptors (Lipinski definition) is 2. The standard InChI is InChI=1S/C15H25NO/c1-4-13(11-17)10-16-12-15(2,3)14-8-6-5-7-9-14/h5-9,13,16-17H,4,10-12H2,1-3H3. The van der Waals surface area contributed by atoms with Gasteiger partial charge in [-0.2, -0.15) is 0 Å². The van der Waals surface area contributed by atoms with E-state index in [-0.39, 0.29) is 12.0 Å². The van der Waals surface area contributed by atoms with Crippen LogP contribution in [0.4, 0.5) is 0 Å². The van der Waals surface area contributed by atoms with Crippen LogP contribution < -0.4 is 5.32 Å². The summed E-state index contributed by atoms with van der Waals surface area (Å²) in [5.74, 6) is 0.376. The van der Waals surface area contributed by atoms with E-state index < -0.39 is 0 Å². The minimum atomic E-state index is 0.134. The molecule has 2 N–H and O–H groups in total. The Labute approximate surface area is 105 Å². The van der Waals surface area contributed by atoms with Crippen LogP contribution in [-0.4, -0.2) is 24.8 Å². The van der Waals surface area contributed by atoms with E-state index in [1.165, 1.54) is 5.56 Å². The van der Waals surface area contributed by atoms with Crippen LogP contribution in [-0.2, 0) is 5.41 Å². The molecule has 96 valence electrons. The first-order valence-electron chi connectivity index (χ1n) is 6.47. The summed E-state index contributed by atoms with van der Waals surface area (Å²) in [5.41, 5.74) is 1.49. The van der Waals surface area contributed by atoms with Crippen molar-refractivity contribution in [3.05, 3.63) is 35.9 Å². The van der Waals surface area contributed by atoms with Gasteiger partial charge in [0.05, 0.1) is 0 Å². The second kappa shape index (κ2) is 6.77. The summed E-state index contributed by atoms with van der Waals surface area (Å²) < 4.78 is 0. The van der Waals surface area contributed by atoms with Crippen molar-refractivity contribution in [2.24, 2.45) is 5.92 Å². The van der Waals surface area contributed by atoms with Gasteiger partial charge in [-0.15, -0.1) is 0 Å². The highest BCUT2D eigenvalue weighted by Gasteiger charge is 2.19. The highest BCUT2D eigenvalue weighted by molar-refractivity contribution is 5.23. The number of rotatable bonds is 7. The van der Waals surface area contributed by atoms with E-state index in [0.717, 1.165) is 19.5 Å². The molecule has 0 spiro atoms. The highest BCUT2D eigenvalue weighted by atomic mass is 16.3. The number of aliphatic hydroxyl groups excluding tert-OH is 1. The molecule has 0 radical (unpaired) electrons. The van der Waals surface area contributed by atoms with E-state index in [4.69, 9.17) is 5.11 Å². The number of nitrogens with one attached hydrogen (secondary N) is 1. The fourth-order valence-corrected chi connectivity index (χ4v) is 1.92. The number of hydrogen-bond donors (Lipinski definition) is 2. The van der Waals surface area contributed by atoms with Gasteiger partial charge in [0.25, 0.3) is 0 Å². The molecular formula is C15H25NO. The summed E-state index contributed by atoms with van der Waals surface area (Å²) >= 11 is 0. The van der Waals surface area contributed by atoms with Crippen LogP contribution in [0.3, 0.4) is 0 Å². The predicted octanol–water partition coefficient (Wildman–Crippen LogP) is 2.57. The summed E-state index contributed by atoms with van der Waals surface area (Å²) in [7, 11) is 0. The zero-order valence-corrected chi connectivity index (χ0v) is 11.2. The SMILES string of the molecule is CCC(CO)CNCC(C)(C)c1ccccc1. The van der Waals surface area contributed by atoms with E-state index in [0.29, 0.717) is 5.92 Å². The summed E-state index contributed by atoms with van der Waals surface area (Å²) in [5, 5.41) is 12.6. The van der Waals surface area contributed by atoms with Gasteiger partial charge in [0, 0.05) is 25.1 Å². The van der Waals surface area contributed by atoms with Crippen LogP contribution in [0.2, 0.25) is 0 Å². The minimum absolute atomic E-state index is 0.134. The zero-order valence-electron chi connectivity index (χ0n) is 11.2. The van der Waals surface area contributed by atoms with Crippen molar-refractivity contribution in [2.45, 2.75) is 32.6 Å². The summed E-state index contributed by atoms with van der Waals surface area (Å²) in [6.45, 7) is 8.71. The fraction of sp³-hybridized carbons (Fsp3) is 0.600. The maximum atomic E-state index is 9.13. The van der Waals surface area contributed by atoms with Gasteiger partial charge in [-0.25, -0.2) is 0 Å². The molecule has 0 heterocycles. The van der Waals surface area contributed by atoms with Gasteiger partial charge in [0.2, 0.25) is 0 Å². The van der Waals surface area contributed by atoms with Gasteiger partial charge < -0.3 is 10.4 Å². The molecule has 1 aromatic carbocycles. The molecular weight excluding hydrogens is 210 g/mol. The maximum Gasteiger partial charge on any atom is 0.0471 e. The number of benzene rings is 1. The molecule has 0 saturated carbocycles. The largest absolute Gasteiger partial charge is 0.396 e. The van der Waals surface area contributed by atoms with E-state index in [2.05, 4.69) is 50.4 Å². The maximum absolute atomic E-state index is 9.13. The lowest BCUT2D eigenvalue weighted by molar-refractivity contribution is 0.216. The van der Waals surface area contributed by atoms with Crippen molar-refractivity contribution in [2.75, 3.05) is 19.7 Å². The third kappa shape index (κ3) is 4.49. The van der Waals surface area contributed by atoms with E-state index in [1.54, 1.807) is 0 Å². The topological polar surface area (TPSA) is 32.3 Å². The Balaban J connectivity index is 2.45. The van der Waals surface area contributed by atoms with Crippen molar-refractivity contribution in [1.82, 2.24) is 5.32 Å². The normalized spacial score (nSPS) is 13.6. The van der Waals surface area contributed by atoms with Crippen LogP contribution in [0.15, 0.2) is 30.3 Å². The Morgan fingerprint density at radius 1 is 1.24 bits per heavy atom. The van der Waals surface area contributed by atoms with E-state index in [1.807, 2.05) is 6.07 Å². The third-order valence-corrected chi connectivity index (χ3v) is 3.39. The summed E-state index contributed by atoms with van der Waals surface area (Å²) in [4.78, 5) is 0. The lowest BCUT2D eigenvalue weighted by Gasteiger charge is -2.26. The molecule has 0 aliphatic rings. The molecule has 0 aromatic heterocycles. The quantitative estimate of drug-likeness (QED) is 0.761. The smallest absolute Gasteiger partial charge is 0.0471 e. The van der Waals surface area contributed by atoms with Crippen LogP contribution in [0, 0.1) is 5.92 Å². The van der Waals surface area contributed by atoms with Crippen LogP contribution in [0.1, 0.15) is 32.8 Å². The molecule has 2 heteroatoms. The van der Waals surface area contributed by atoms with Crippen molar-refractivity contribution in [1.29, 1.82) is 0 Å². The van der Waals surface area contributed by atoms with E-state index >= 15 is 0 Å². The molecule has 17 heavy (non-hydrogen) atoms. The van der Waals surface area contributed by atoms with Gasteiger partial charge in [-0.05, 0) is 17.9 Å².